The normalized spacial score (nSPS) is 12.0. The molecule has 0 spiro atoms. The Hall–Kier alpha value is -3.06. The largest absolute Gasteiger partial charge is 0.544 e. The van der Waals surface area contributed by atoms with Gasteiger partial charge >= 0.3 is 0 Å². The van der Waals surface area contributed by atoms with Gasteiger partial charge in [-0.25, -0.2) is 4.98 Å². The maximum atomic E-state index is 10.9. The van der Waals surface area contributed by atoms with Crippen LogP contribution < -0.4 is 9.16 Å². The Morgan fingerprint density at radius 3 is 2.42 bits per heavy atom. The zero-order valence-corrected chi connectivity index (χ0v) is 21.9. The molecule has 0 aliphatic rings. The van der Waals surface area contributed by atoms with Gasteiger partial charge in [-0.15, -0.1) is 0 Å². The van der Waals surface area contributed by atoms with Crippen LogP contribution in [-0.2, 0) is 11.8 Å². The third kappa shape index (κ3) is 5.47. The van der Waals surface area contributed by atoms with E-state index in [-0.39, 0.29) is 11.3 Å². The summed E-state index contributed by atoms with van der Waals surface area (Å²) < 4.78 is 13.7. The third-order valence-corrected chi connectivity index (χ3v) is 5.99. The van der Waals surface area contributed by atoms with Crippen molar-refractivity contribution in [3.63, 3.8) is 0 Å². The van der Waals surface area contributed by atoms with Gasteiger partial charge in [0.15, 0.2) is 17.3 Å². The van der Waals surface area contributed by atoms with Crippen molar-refractivity contribution in [2.45, 2.75) is 59.0 Å². The lowest BCUT2D eigenvalue weighted by Crippen LogP contribution is -2.17. The summed E-state index contributed by atoms with van der Waals surface area (Å²) in [6, 6.07) is 9.71. The lowest BCUT2D eigenvalue weighted by Gasteiger charge is -2.26. The number of aromatic hydroxyl groups is 1. The van der Waals surface area contributed by atoms with Gasteiger partial charge in [-0.3, -0.25) is 0 Å². The first-order chi connectivity index (χ1) is 15.7. The van der Waals surface area contributed by atoms with Crippen LogP contribution in [0.3, 0.4) is 0 Å². The van der Waals surface area contributed by atoms with E-state index in [1.165, 1.54) is 4.68 Å². The van der Waals surface area contributed by atoms with Crippen LogP contribution in [0.5, 0.6) is 17.4 Å². The van der Waals surface area contributed by atoms with Gasteiger partial charge in [-0.05, 0) is 49.2 Å². The second kappa shape index (κ2) is 10.3. The summed E-state index contributed by atoms with van der Waals surface area (Å²) in [6.07, 6.45) is 7.22. The zero-order valence-electron chi connectivity index (χ0n) is 20.7. The van der Waals surface area contributed by atoms with Crippen molar-refractivity contribution in [3.8, 4) is 23.2 Å². The fourth-order valence-corrected chi connectivity index (χ4v) is 4.46. The molecule has 0 aliphatic heterocycles. The van der Waals surface area contributed by atoms with E-state index in [2.05, 4.69) is 63.0 Å². The molecule has 0 saturated carbocycles. The molecule has 7 heteroatoms. The van der Waals surface area contributed by atoms with Crippen LogP contribution in [0.15, 0.2) is 36.5 Å². The zero-order chi connectivity index (χ0) is 24.2. The molecular formula is C26H35N3O3Si. The molecule has 1 aromatic carbocycles. The molecule has 2 aromatic heterocycles. The number of aromatic nitrogens is 3. The molecular weight excluding hydrogens is 430 g/mol. The van der Waals surface area contributed by atoms with Gasteiger partial charge in [0.2, 0.25) is 14.9 Å². The van der Waals surface area contributed by atoms with Gasteiger partial charge in [-0.1, -0.05) is 52.3 Å². The minimum absolute atomic E-state index is 0.0776. The molecule has 0 atom stereocenters. The summed E-state index contributed by atoms with van der Waals surface area (Å²) in [5, 5.41) is 15.5. The molecule has 6 nitrogen and oxygen atoms in total. The molecule has 33 heavy (non-hydrogen) atoms. The van der Waals surface area contributed by atoms with E-state index in [0.29, 0.717) is 17.9 Å². The van der Waals surface area contributed by atoms with Crippen molar-refractivity contribution in [3.05, 3.63) is 58.9 Å². The highest BCUT2D eigenvalue weighted by Crippen LogP contribution is 2.42. The summed E-state index contributed by atoms with van der Waals surface area (Å²) in [5.41, 5.74) is 3.47. The molecule has 0 bridgehead atoms. The number of rotatable bonds is 8. The van der Waals surface area contributed by atoms with Crippen LogP contribution >= 0.6 is 0 Å². The highest BCUT2D eigenvalue weighted by Gasteiger charge is 2.24. The Kier molecular flexibility index (Phi) is 7.63. The van der Waals surface area contributed by atoms with Crippen LogP contribution in [-0.4, -0.2) is 36.0 Å². The third-order valence-electron chi connectivity index (χ3n) is 5.28. The predicted molar refractivity (Wildman–Crippen MR) is 137 cm³/mol. The summed E-state index contributed by atoms with van der Waals surface area (Å²) in [4.78, 5) is 4.33. The van der Waals surface area contributed by atoms with Gasteiger partial charge in [0.05, 0.1) is 12.8 Å². The van der Waals surface area contributed by atoms with Crippen molar-refractivity contribution in [2.24, 2.45) is 0 Å². The molecule has 0 radical (unpaired) electrons. The Morgan fingerprint density at radius 2 is 1.85 bits per heavy atom. The molecule has 3 rings (SSSR count). The van der Waals surface area contributed by atoms with Gasteiger partial charge in [-0.2, -0.15) is 9.78 Å². The summed E-state index contributed by atoms with van der Waals surface area (Å²) in [7, 11) is 0.305. The van der Waals surface area contributed by atoms with Crippen molar-refractivity contribution in [1.29, 1.82) is 0 Å². The van der Waals surface area contributed by atoms with Crippen molar-refractivity contribution in [1.82, 2.24) is 14.8 Å². The van der Waals surface area contributed by atoms with Gasteiger partial charge in [0, 0.05) is 22.9 Å². The van der Waals surface area contributed by atoms with E-state index in [4.69, 9.17) is 9.16 Å². The minimum atomic E-state index is -1.39. The van der Waals surface area contributed by atoms with Crippen molar-refractivity contribution >= 4 is 21.2 Å². The second-order valence-corrected chi connectivity index (χ2v) is 11.7. The first kappa shape index (κ1) is 24.6. The molecule has 176 valence electrons. The molecule has 2 heterocycles. The number of nitrogens with zero attached hydrogens (tertiary/aromatic N) is 3. The van der Waals surface area contributed by atoms with Gasteiger partial charge in [0.1, 0.15) is 0 Å². The topological polar surface area (TPSA) is 69.4 Å². The number of hydrogen-bond acceptors (Lipinski definition) is 5. The highest BCUT2D eigenvalue weighted by molar-refractivity contribution is 6.49. The average Bonchev–Trinajstić information content (AvgIpc) is 3.08. The highest BCUT2D eigenvalue weighted by atomic mass is 28.3. The molecule has 0 aliphatic carbocycles. The summed E-state index contributed by atoms with van der Waals surface area (Å²) in [6.45, 7) is 12.9. The SMILES string of the molecule is CCCc1c(C=Cc2ccc(C(C)(C)C)c(OC)c2O[SiH](C)C)nn(-c2ccccn2)c1O. The van der Waals surface area contributed by atoms with E-state index in [9.17, 15) is 5.11 Å². The maximum absolute atomic E-state index is 10.9. The average molecular weight is 466 g/mol. The molecule has 0 amide bonds. The van der Waals surface area contributed by atoms with E-state index in [1.54, 1.807) is 13.3 Å². The maximum Gasteiger partial charge on any atom is 0.229 e. The van der Waals surface area contributed by atoms with Crippen LogP contribution in [0.1, 0.15) is 56.5 Å². The fourth-order valence-electron chi connectivity index (χ4n) is 3.75. The number of methoxy groups -OCH3 is 1. The Labute approximate surface area is 198 Å². The second-order valence-electron chi connectivity index (χ2n) is 9.35. The standard InChI is InChI=1S/C26H35N3O3Si/c1-8-11-19-21(28-29(25(19)30)22-12-9-10-17-27-22)16-14-18-13-15-20(26(2,3)4)24(31-5)23(18)32-33(6)7/h9-10,12-17,30,33H,8,11H2,1-7H3. The molecule has 0 unspecified atom stereocenters. The van der Waals surface area contributed by atoms with Gasteiger partial charge < -0.3 is 14.3 Å². The Morgan fingerprint density at radius 1 is 1.09 bits per heavy atom. The van der Waals surface area contributed by atoms with Crippen molar-refractivity contribution < 1.29 is 14.3 Å². The quantitative estimate of drug-likeness (QED) is 0.428. The molecule has 0 fully saturated rings. The first-order valence-electron chi connectivity index (χ1n) is 11.5. The fraction of sp³-hybridized carbons (Fsp3) is 0.385. The van der Waals surface area contributed by atoms with Crippen LogP contribution in [0.25, 0.3) is 18.0 Å². The van der Waals surface area contributed by atoms with E-state index in [0.717, 1.165) is 34.6 Å². The number of ether oxygens (including phenoxy) is 1. The summed E-state index contributed by atoms with van der Waals surface area (Å²) in [5.74, 6) is 2.26. The first-order valence-corrected chi connectivity index (χ1v) is 14.2. The van der Waals surface area contributed by atoms with Crippen LogP contribution in [0, 0.1) is 0 Å². The van der Waals surface area contributed by atoms with E-state index in [1.807, 2.05) is 30.4 Å². The Bertz CT molecular complexity index is 1120. The molecule has 1 N–H and O–H groups in total. The van der Waals surface area contributed by atoms with E-state index >= 15 is 0 Å². The number of hydrogen-bond donors (Lipinski definition) is 1. The smallest absolute Gasteiger partial charge is 0.229 e. The van der Waals surface area contributed by atoms with Crippen molar-refractivity contribution in [2.75, 3.05) is 7.11 Å². The van der Waals surface area contributed by atoms with Crippen LogP contribution in [0.2, 0.25) is 13.1 Å². The minimum Gasteiger partial charge on any atom is -0.544 e. The van der Waals surface area contributed by atoms with E-state index < -0.39 is 9.04 Å². The molecule has 3 aromatic rings. The molecule has 0 saturated heterocycles. The van der Waals surface area contributed by atoms with Crippen LogP contribution in [0.4, 0.5) is 0 Å². The summed E-state index contributed by atoms with van der Waals surface area (Å²) >= 11 is 0. The monoisotopic (exact) mass is 465 g/mol. The number of pyridine rings is 1. The predicted octanol–water partition coefficient (Wildman–Crippen LogP) is 5.76. The lowest BCUT2D eigenvalue weighted by atomic mass is 9.85. The van der Waals surface area contributed by atoms with Gasteiger partial charge in [0.25, 0.3) is 0 Å². The lowest BCUT2D eigenvalue weighted by molar-refractivity contribution is 0.378. The Balaban J connectivity index is 2.11. The number of benzene rings is 1.